The van der Waals surface area contributed by atoms with Crippen molar-refractivity contribution in [3.63, 3.8) is 0 Å². The zero-order valence-electron chi connectivity index (χ0n) is 20.2. The maximum absolute atomic E-state index is 13.1. The molecule has 0 bridgehead atoms. The van der Waals surface area contributed by atoms with Gasteiger partial charge in [0.2, 0.25) is 10.0 Å². The zero-order chi connectivity index (χ0) is 24.1. The van der Waals surface area contributed by atoms with Gasteiger partial charge in [-0.1, -0.05) is 37.3 Å². The molecule has 0 aliphatic carbocycles. The van der Waals surface area contributed by atoms with Crippen molar-refractivity contribution in [2.75, 3.05) is 52.9 Å². The van der Waals surface area contributed by atoms with Gasteiger partial charge >= 0.3 is 0 Å². The summed E-state index contributed by atoms with van der Waals surface area (Å²) in [4.78, 5) is 18.1. The molecule has 0 aromatic heterocycles. The van der Waals surface area contributed by atoms with Crippen molar-refractivity contribution in [3.05, 3.63) is 65.7 Å². The summed E-state index contributed by atoms with van der Waals surface area (Å²) in [7, 11) is -1.40. The lowest BCUT2D eigenvalue weighted by Gasteiger charge is -2.35. The highest BCUT2D eigenvalue weighted by molar-refractivity contribution is 7.89. The molecule has 1 N–H and O–H groups in total. The fraction of sp³-hybridized carbons (Fsp3) is 0.500. The first-order chi connectivity index (χ1) is 16.3. The van der Waals surface area contributed by atoms with E-state index in [0.29, 0.717) is 24.6 Å². The minimum Gasteiger partial charge on any atom is -0.344 e. The van der Waals surface area contributed by atoms with Crippen molar-refractivity contribution in [1.29, 1.82) is 0 Å². The van der Waals surface area contributed by atoms with Crippen molar-refractivity contribution < 1.29 is 13.2 Å². The van der Waals surface area contributed by atoms with Gasteiger partial charge in [-0.2, -0.15) is 4.31 Å². The molecule has 7 nitrogen and oxygen atoms in total. The number of rotatable bonds is 7. The van der Waals surface area contributed by atoms with Crippen LogP contribution in [0.4, 0.5) is 0 Å². The van der Waals surface area contributed by atoms with Crippen LogP contribution < -0.4 is 5.32 Å². The number of carbonyl (C=O) groups is 1. The number of nitrogens with one attached hydrogen (secondary N) is 1. The normalized spacial score (nSPS) is 20.2. The molecule has 0 saturated carbocycles. The lowest BCUT2D eigenvalue weighted by atomic mass is 10.0. The topological polar surface area (TPSA) is 73.0 Å². The number of carbonyl (C=O) groups excluding carboxylic acids is 1. The van der Waals surface area contributed by atoms with Crippen LogP contribution in [-0.2, 0) is 10.0 Å². The molecule has 2 aromatic carbocycles. The summed E-state index contributed by atoms with van der Waals surface area (Å²) in [5.74, 6) is 0.361. The minimum atomic E-state index is -3.53. The Bertz CT molecular complexity index is 1040. The highest BCUT2D eigenvalue weighted by Gasteiger charge is 2.28. The Morgan fingerprint density at radius 1 is 0.941 bits per heavy atom. The molecular weight excluding hydrogens is 448 g/mol. The third-order valence-electron chi connectivity index (χ3n) is 7.04. The van der Waals surface area contributed by atoms with Crippen LogP contribution in [0.5, 0.6) is 0 Å². The Morgan fingerprint density at radius 2 is 1.56 bits per heavy atom. The Hall–Kier alpha value is -2.26. The van der Waals surface area contributed by atoms with E-state index >= 15 is 0 Å². The monoisotopic (exact) mass is 484 g/mol. The predicted octanol–water partition coefficient (Wildman–Crippen LogP) is 2.83. The molecule has 184 valence electrons. The molecule has 8 heteroatoms. The van der Waals surface area contributed by atoms with Gasteiger partial charge in [0.05, 0.1) is 10.9 Å². The average Bonchev–Trinajstić information content (AvgIpc) is 2.86. The second-order valence-electron chi connectivity index (χ2n) is 9.65. The second-order valence-corrected chi connectivity index (χ2v) is 11.6. The fourth-order valence-electron chi connectivity index (χ4n) is 4.60. The number of nitrogens with zero attached hydrogens (tertiary/aromatic N) is 3. The van der Waals surface area contributed by atoms with E-state index in [-0.39, 0.29) is 16.8 Å². The van der Waals surface area contributed by atoms with E-state index in [1.807, 2.05) is 30.3 Å². The number of hydrogen-bond acceptors (Lipinski definition) is 5. The standard InChI is InChI=1S/C26H36N4O3S/c1-21-12-14-30(15-13-21)34(32,33)24-10-8-23(9-11-24)26(31)27-25(22-6-4-3-5-7-22)20-29-18-16-28(2)17-19-29/h3-11,21,25H,12-20H2,1-2H3,(H,27,31). The summed E-state index contributed by atoms with van der Waals surface area (Å²) >= 11 is 0. The van der Waals surface area contributed by atoms with Crippen molar-refractivity contribution >= 4 is 15.9 Å². The predicted molar refractivity (Wildman–Crippen MR) is 134 cm³/mol. The largest absolute Gasteiger partial charge is 0.344 e. The summed E-state index contributed by atoms with van der Waals surface area (Å²) < 4.78 is 27.6. The Balaban J connectivity index is 1.45. The van der Waals surface area contributed by atoms with Crippen LogP contribution in [0.1, 0.15) is 41.7 Å². The van der Waals surface area contributed by atoms with Gasteiger partial charge in [0, 0.05) is 51.4 Å². The Kier molecular flexibility index (Phi) is 8.03. The molecule has 4 rings (SSSR count). The van der Waals surface area contributed by atoms with Crippen molar-refractivity contribution in [2.24, 2.45) is 5.92 Å². The van der Waals surface area contributed by atoms with Gasteiger partial charge in [0.15, 0.2) is 0 Å². The van der Waals surface area contributed by atoms with E-state index in [4.69, 9.17) is 0 Å². The highest BCUT2D eigenvalue weighted by atomic mass is 32.2. The second kappa shape index (κ2) is 11.0. The smallest absolute Gasteiger partial charge is 0.251 e. The quantitative estimate of drug-likeness (QED) is 0.654. The summed E-state index contributed by atoms with van der Waals surface area (Å²) in [6.07, 6.45) is 1.77. The van der Waals surface area contributed by atoms with Crippen molar-refractivity contribution in [3.8, 4) is 0 Å². The van der Waals surface area contributed by atoms with Gasteiger partial charge in [-0.05, 0) is 55.6 Å². The van der Waals surface area contributed by atoms with Crippen LogP contribution >= 0.6 is 0 Å². The molecule has 1 atom stereocenters. The van der Waals surface area contributed by atoms with Crippen molar-refractivity contribution in [2.45, 2.75) is 30.7 Å². The SMILES string of the molecule is CC1CCN(S(=O)(=O)c2ccc(C(=O)NC(CN3CCN(C)CC3)c3ccccc3)cc2)CC1. The van der Waals surface area contributed by atoms with Crippen molar-refractivity contribution in [1.82, 2.24) is 19.4 Å². The van der Waals surface area contributed by atoms with Crippen LogP contribution in [-0.4, -0.2) is 81.3 Å². The summed E-state index contributed by atoms with van der Waals surface area (Å²) in [5, 5.41) is 3.18. The molecule has 1 unspecified atom stereocenters. The number of likely N-dealkylation sites (N-methyl/N-ethyl adjacent to an activating group) is 1. The average molecular weight is 485 g/mol. The number of piperazine rings is 1. The molecule has 0 radical (unpaired) electrons. The third kappa shape index (κ3) is 6.05. The number of benzene rings is 2. The van der Waals surface area contributed by atoms with Crippen LogP contribution in [0.3, 0.4) is 0 Å². The van der Waals surface area contributed by atoms with Crippen LogP contribution in [0.25, 0.3) is 0 Å². The van der Waals surface area contributed by atoms with Gasteiger partial charge in [-0.3, -0.25) is 9.69 Å². The molecule has 2 heterocycles. The first-order valence-electron chi connectivity index (χ1n) is 12.2. The first kappa shape index (κ1) is 24.9. The van der Waals surface area contributed by atoms with Crippen LogP contribution in [0.2, 0.25) is 0 Å². The van der Waals surface area contributed by atoms with E-state index in [2.05, 4.69) is 29.1 Å². The zero-order valence-corrected chi connectivity index (χ0v) is 21.0. The minimum absolute atomic E-state index is 0.143. The molecule has 1 amide bonds. The fourth-order valence-corrected chi connectivity index (χ4v) is 6.07. The van der Waals surface area contributed by atoms with Crippen LogP contribution in [0.15, 0.2) is 59.5 Å². The summed E-state index contributed by atoms with van der Waals surface area (Å²) in [5.41, 5.74) is 1.53. The van der Waals surface area contributed by atoms with Crippen LogP contribution in [0, 0.1) is 5.92 Å². The number of sulfonamides is 1. The molecular formula is C26H36N4O3S. The van der Waals surface area contributed by atoms with E-state index < -0.39 is 10.0 Å². The van der Waals surface area contributed by atoms with Gasteiger partial charge in [-0.25, -0.2) is 8.42 Å². The van der Waals surface area contributed by atoms with E-state index in [1.54, 1.807) is 28.6 Å². The van der Waals surface area contributed by atoms with Gasteiger partial charge in [0.25, 0.3) is 5.91 Å². The summed E-state index contributed by atoms with van der Waals surface area (Å²) in [6, 6.07) is 16.2. The van der Waals surface area contributed by atoms with Gasteiger partial charge in [-0.15, -0.1) is 0 Å². The van der Waals surface area contributed by atoms with Gasteiger partial charge in [0.1, 0.15) is 0 Å². The lowest BCUT2D eigenvalue weighted by Crippen LogP contribution is -2.47. The number of amides is 1. The molecule has 0 spiro atoms. The Morgan fingerprint density at radius 3 is 2.18 bits per heavy atom. The number of piperidine rings is 1. The summed E-state index contributed by atoms with van der Waals surface area (Å²) in [6.45, 7) is 7.97. The third-order valence-corrected chi connectivity index (χ3v) is 8.95. The van der Waals surface area contributed by atoms with E-state index in [9.17, 15) is 13.2 Å². The maximum atomic E-state index is 13.1. The number of hydrogen-bond donors (Lipinski definition) is 1. The molecule has 2 aliphatic rings. The van der Waals surface area contributed by atoms with E-state index in [0.717, 1.165) is 51.1 Å². The molecule has 2 fully saturated rings. The maximum Gasteiger partial charge on any atom is 0.251 e. The highest BCUT2D eigenvalue weighted by Crippen LogP contribution is 2.24. The molecule has 2 saturated heterocycles. The van der Waals surface area contributed by atoms with E-state index in [1.165, 1.54) is 0 Å². The van der Waals surface area contributed by atoms with Gasteiger partial charge < -0.3 is 10.2 Å². The first-order valence-corrected chi connectivity index (χ1v) is 13.6. The molecule has 2 aromatic rings. The lowest BCUT2D eigenvalue weighted by molar-refractivity contribution is 0.0907. The molecule has 2 aliphatic heterocycles. The Labute approximate surface area is 203 Å². The molecule has 34 heavy (non-hydrogen) atoms.